The van der Waals surface area contributed by atoms with Crippen LogP contribution in [0.15, 0.2) is 48.5 Å². The lowest BCUT2D eigenvalue weighted by atomic mass is 9.69. The third kappa shape index (κ3) is 0.846. The fraction of sp³-hybridized carbons (Fsp3) is 0.333. The van der Waals surface area contributed by atoms with Gasteiger partial charge < -0.3 is 4.74 Å². The molecule has 6 rings (SSSR count). The van der Waals surface area contributed by atoms with Crippen molar-refractivity contribution in [1.82, 2.24) is 0 Å². The molecule has 1 heteroatoms. The smallest absolute Gasteiger partial charge is 0.106 e. The molecule has 0 aromatic heterocycles. The Labute approximate surface area is 112 Å². The molecule has 3 unspecified atom stereocenters. The van der Waals surface area contributed by atoms with Crippen molar-refractivity contribution in [3.8, 4) is 0 Å². The van der Waals surface area contributed by atoms with Gasteiger partial charge >= 0.3 is 0 Å². The molecule has 92 valence electrons. The number of hydrogen-bond donors (Lipinski definition) is 0. The lowest BCUT2D eigenvalue weighted by Gasteiger charge is -2.34. The predicted octanol–water partition coefficient (Wildman–Crippen LogP) is 3.41. The molecule has 0 amide bonds. The molecule has 0 N–H and O–H groups in total. The highest BCUT2D eigenvalue weighted by atomic mass is 16.6. The van der Waals surface area contributed by atoms with Crippen molar-refractivity contribution < 1.29 is 4.74 Å². The first-order chi connectivity index (χ1) is 9.42. The second kappa shape index (κ2) is 2.64. The second-order valence-electron chi connectivity index (χ2n) is 6.51. The predicted molar refractivity (Wildman–Crippen MR) is 72.4 cm³/mol. The van der Waals surface area contributed by atoms with Gasteiger partial charge in [-0.05, 0) is 34.1 Å². The number of hydrogen-bond acceptors (Lipinski definition) is 1. The SMILES string of the molecule is c1ccc2c(c1)C1C3c4ccccc4C2C2(CO2)C13. The highest BCUT2D eigenvalue weighted by molar-refractivity contribution is 5.63. The first-order valence-electron chi connectivity index (χ1n) is 7.23. The van der Waals surface area contributed by atoms with Gasteiger partial charge in [-0.2, -0.15) is 0 Å². The fourth-order valence-electron chi connectivity index (χ4n) is 5.18. The molecule has 1 spiro atoms. The molecule has 2 aromatic rings. The van der Waals surface area contributed by atoms with E-state index in [1.54, 1.807) is 11.1 Å². The summed E-state index contributed by atoms with van der Waals surface area (Å²) in [5, 5.41) is 0. The molecule has 3 atom stereocenters. The first-order valence-corrected chi connectivity index (χ1v) is 7.23. The van der Waals surface area contributed by atoms with Crippen molar-refractivity contribution in [3.63, 3.8) is 0 Å². The van der Waals surface area contributed by atoms with Crippen LogP contribution in [0.3, 0.4) is 0 Å². The van der Waals surface area contributed by atoms with Gasteiger partial charge in [0.05, 0.1) is 6.61 Å². The van der Waals surface area contributed by atoms with E-state index in [-0.39, 0.29) is 5.60 Å². The van der Waals surface area contributed by atoms with Gasteiger partial charge in [0, 0.05) is 11.8 Å². The second-order valence-corrected chi connectivity index (χ2v) is 6.51. The van der Waals surface area contributed by atoms with Crippen LogP contribution in [0.4, 0.5) is 0 Å². The first kappa shape index (κ1) is 9.33. The monoisotopic (exact) mass is 246 g/mol. The molecule has 1 saturated heterocycles. The highest BCUT2D eigenvalue weighted by Gasteiger charge is 2.77. The lowest BCUT2D eigenvalue weighted by molar-refractivity contribution is 0.230. The summed E-state index contributed by atoms with van der Waals surface area (Å²) in [4.78, 5) is 0. The van der Waals surface area contributed by atoms with Gasteiger partial charge in [-0.15, -0.1) is 0 Å². The fourth-order valence-corrected chi connectivity index (χ4v) is 5.18. The Morgan fingerprint density at radius 2 is 1.26 bits per heavy atom. The summed E-state index contributed by atoms with van der Waals surface area (Å²) in [5.41, 5.74) is 6.43. The van der Waals surface area contributed by atoms with Gasteiger partial charge in [-0.25, -0.2) is 0 Å². The minimum absolute atomic E-state index is 0.165. The van der Waals surface area contributed by atoms with Crippen molar-refractivity contribution in [1.29, 1.82) is 0 Å². The molecular weight excluding hydrogens is 232 g/mol. The number of ether oxygens (including phenoxy) is 1. The Hall–Kier alpha value is -1.60. The van der Waals surface area contributed by atoms with Gasteiger partial charge in [-0.3, -0.25) is 0 Å². The molecule has 1 heterocycles. The Kier molecular flexibility index (Phi) is 1.29. The number of fused-ring (bicyclic) bond motifs is 7. The summed E-state index contributed by atoms with van der Waals surface area (Å²) in [5.74, 6) is 2.68. The molecular formula is C18H14O. The van der Waals surface area contributed by atoms with Gasteiger partial charge in [0.2, 0.25) is 0 Å². The van der Waals surface area contributed by atoms with Crippen LogP contribution in [-0.2, 0) is 4.74 Å². The average Bonchev–Trinajstić information content (AvgIpc) is 3.33. The highest BCUT2D eigenvalue weighted by Crippen LogP contribution is 2.79. The third-order valence-electron chi connectivity index (χ3n) is 5.88. The molecule has 1 nitrogen and oxygen atoms in total. The van der Waals surface area contributed by atoms with Crippen LogP contribution in [0, 0.1) is 5.92 Å². The van der Waals surface area contributed by atoms with Gasteiger partial charge in [-0.1, -0.05) is 48.5 Å². The van der Waals surface area contributed by atoms with Crippen LogP contribution in [0.1, 0.15) is 40.0 Å². The summed E-state index contributed by atoms with van der Waals surface area (Å²) in [6, 6.07) is 18.1. The van der Waals surface area contributed by atoms with E-state index in [1.165, 1.54) is 11.1 Å². The summed E-state index contributed by atoms with van der Waals surface area (Å²) < 4.78 is 6.04. The van der Waals surface area contributed by atoms with Gasteiger partial charge in [0.25, 0.3) is 0 Å². The molecule has 2 bridgehead atoms. The van der Waals surface area contributed by atoms with Gasteiger partial charge in [0.1, 0.15) is 5.60 Å². The van der Waals surface area contributed by atoms with Crippen molar-refractivity contribution in [2.24, 2.45) is 5.92 Å². The van der Waals surface area contributed by atoms with Crippen LogP contribution in [0.25, 0.3) is 0 Å². The van der Waals surface area contributed by atoms with Crippen molar-refractivity contribution in [2.45, 2.75) is 23.4 Å². The summed E-state index contributed by atoms with van der Waals surface area (Å²) in [7, 11) is 0. The molecule has 1 aliphatic heterocycles. The van der Waals surface area contributed by atoms with Crippen molar-refractivity contribution >= 4 is 0 Å². The molecule has 2 aromatic carbocycles. The van der Waals surface area contributed by atoms with Crippen molar-refractivity contribution in [2.75, 3.05) is 6.61 Å². The maximum Gasteiger partial charge on any atom is 0.106 e. The quantitative estimate of drug-likeness (QED) is 0.649. The third-order valence-corrected chi connectivity index (χ3v) is 5.88. The van der Waals surface area contributed by atoms with E-state index in [0.29, 0.717) is 5.92 Å². The van der Waals surface area contributed by atoms with Crippen LogP contribution >= 0.6 is 0 Å². The molecule has 1 saturated carbocycles. The Bertz CT molecular complexity index is 674. The summed E-state index contributed by atoms with van der Waals surface area (Å²) >= 11 is 0. The Morgan fingerprint density at radius 1 is 0.789 bits per heavy atom. The van der Waals surface area contributed by atoms with Crippen LogP contribution in [0.5, 0.6) is 0 Å². The van der Waals surface area contributed by atoms with Crippen LogP contribution in [0.2, 0.25) is 0 Å². The zero-order valence-electron chi connectivity index (χ0n) is 10.5. The molecule has 0 radical (unpaired) electrons. The van der Waals surface area contributed by atoms with E-state index in [0.717, 1.165) is 24.4 Å². The Balaban J connectivity index is 1.76. The topological polar surface area (TPSA) is 12.5 Å². The van der Waals surface area contributed by atoms with E-state index in [2.05, 4.69) is 48.5 Å². The largest absolute Gasteiger partial charge is 0.368 e. The van der Waals surface area contributed by atoms with E-state index in [9.17, 15) is 0 Å². The van der Waals surface area contributed by atoms with Crippen LogP contribution in [-0.4, -0.2) is 12.2 Å². The van der Waals surface area contributed by atoms with Gasteiger partial charge in [0.15, 0.2) is 0 Å². The van der Waals surface area contributed by atoms with E-state index >= 15 is 0 Å². The number of epoxide rings is 1. The summed E-state index contributed by atoms with van der Waals surface area (Å²) in [6.07, 6.45) is 0. The van der Waals surface area contributed by atoms with Crippen LogP contribution < -0.4 is 0 Å². The lowest BCUT2D eigenvalue weighted by Crippen LogP contribution is -2.33. The normalized spacial score (nSPS) is 42.5. The Morgan fingerprint density at radius 3 is 1.74 bits per heavy atom. The molecule has 3 aliphatic carbocycles. The van der Waals surface area contributed by atoms with Crippen molar-refractivity contribution in [3.05, 3.63) is 70.8 Å². The molecule has 19 heavy (non-hydrogen) atoms. The summed E-state index contributed by atoms with van der Waals surface area (Å²) in [6.45, 7) is 0.970. The maximum absolute atomic E-state index is 6.04. The zero-order valence-corrected chi connectivity index (χ0v) is 10.5. The number of benzene rings is 2. The number of rotatable bonds is 0. The van der Waals surface area contributed by atoms with E-state index < -0.39 is 0 Å². The standard InChI is InChI=1S/C18H14O/c1-3-7-12-10(5-1)14-15-11-6-2-4-8-13(11)16(12)18(9-19-18)17(14)15/h1-8,14-17H,9H2. The zero-order chi connectivity index (χ0) is 12.2. The van der Waals surface area contributed by atoms with E-state index in [4.69, 9.17) is 4.74 Å². The maximum atomic E-state index is 6.04. The molecule has 4 aliphatic rings. The molecule has 2 fully saturated rings. The average molecular weight is 246 g/mol. The minimum atomic E-state index is 0.165. The minimum Gasteiger partial charge on any atom is -0.368 e. The van der Waals surface area contributed by atoms with E-state index in [1.807, 2.05) is 0 Å².